The lowest BCUT2D eigenvalue weighted by atomic mass is 10.2. The number of alkyl halides is 3. The number of aromatic nitrogens is 3. The van der Waals surface area contributed by atoms with Crippen molar-refractivity contribution < 1.29 is 18.0 Å². The summed E-state index contributed by atoms with van der Waals surface area (Å²) in [6.07, 6.45) is -1.80. The molecule has 0 aliphatic carbocycles. The third-order valence-corrected chi connectivity index (χ3v) is 4.86. The largest absolute Gasteiger partial charge is 0.417 e. The van der Waals surface area contributed by atoms with E-state index in [1.807, 2.05) is 0 Å². The van der Waals surface area contributed by atoms with Crippen LogP contribution in [0.3, 0.4) is 0 Å². The molecule has 4 rings (SSSR count). The Morgan fingerprint density at radius 2 is 1.96 bits per heavy atom. The molecule has 0 radical (unpaired) electrons. The first kappa shape index (κ1) is 18.5. The number of hydrogen-bond donors (Lipinski definition) is 2. The van der Waals surface area contributed by atoms with Gasteiger partial charge in [-0.2, -0.15) is 13.2 Å². The highest BCUT2D eigenvalue weighted by Crippen LogP contribution is 2.33. The highest BCUT2D eigenvalue weighted by Gasteiger charge is 2.31. The van der Waals surface area contributed by atoms with E-state index in [4.69, 9.17) is 11.6 Å². The lowest BCUT2D eigenvalue weighted by molar-refractivity contribution is -0.137. The third kappa shape index (κ3) is 3.62. The van der Waals surface area contributed by atoms with Gasteiger partial charge in [0.1, 0.15) is 5.82 Å². The lowest BCUT2D eigenvalue weighted by Gasteiger charge is -2.16. The van der Waals surface area contributed by atoms with E-state index in [-0.39, 0.29) is 23.0 Å². The molecule has 0 bridgehead atoms. The summed E-state index contributed by atoms with van der Waals surface area (Å²) < 4.78 is 38.6. The zero-order valence-electron chi connectivity index (χ0n) is 14.5. The summed E-state index contributed by atoms with van der Waals surface area (Å²) in [6, 6.07) is 5.62. The maximum Gasteiger partial charge on any atom is 0.417 e. The normalized spacial score (nSPS) is 14.6. The standard InChI is InChI=1S/C18H15ClF3N5O/c19-13-4-3-11(24-17(28)27-5-1-2-6-27)8-12(13)15-25-14-7-10(18(20,21)22)9-23-16(14)26-15/h3-4,7-9H,1-2,5-6H2,(H,24,28)(H,23,25,26). The van der Waals surface area contributed by atoms with Crippen molar-refractivity contribution in [1.82, 2.24) is 19.9 Å². The topological polar surface area (TPSA) is 73.9 Å². The average Bonchev–Trinajstić information content (AvgIpc) is 3.31. The molecule has 3 heterocycles. The Morgan fingerprint density at radius 1 is 1.21 bits per heavy atom. The van der Waals surface area contributed by atoms with Crippen molar-refractivity contribution in [3.8, 4) is 11.4 Å². The monoisotopic (exact) mass is 409 g/mol. The van der Waals surface area contributed by atoms with Crippen LogP contribution in [0.4, 0.5) is 23.7 Å². The minimum Gasteiger partial charge on any atom is -0.337 e. The van der Waals surface area contributed by atoms with Crippen LogP contribution in [-0.4, -0.2) is 39.0 Å². The number of pyridine rings is 1. The first-order valence-corrected chi connectivity index (χ1v) is 8.98. The molecule has 0 atom stereocenters. The number of likely N-dealkylation sites (tertiary alicyclic amines) is 1. The summed E-state index contributed by atoms with van der Waals surface area (Å²) in [5, 5.41) is 3.15. The second kappa shape index (κ2) is 6.97. The quantitative estimate of drug-likeness (QED) is 0.630. The zero-order valence-corrected chi connectivity index (χ0v) is 15.2. The summed E-state index contributed by atoms with van der Waals surface area (Å²) >= 11 is 6.24. The molecule has 10 heteroatoms. The van der Waals surface area contributed by atoms with Crippen LogP contribution in [0.2, 0.25) is 5.02 Å². The van der Waals surface area contributed by atoms with Crippen molar-refractivity contribution in [1.29, 1.82) is 0 Å². The first-order valence-electron chi connectivity index (χ1n) is 8.60. The highest BCUT2D eigenvalue weighted by molar-refractivity contribution is 6.33. The maximum absolute atomic E-state index is 12.9. The number of halogens is 4. The van der Waals surface area contributed by atoms with Gasteiger partial charge in [-0.3, -0.25) is 0 Å². The fraction of sp³-hybridized carbons (Fsp3) is 0.278. The van der Waals surface area contributed by atoms with E-state index in [9.17, 15) is 18.0 Å². The number of carbonyl (C=O) groups excluding carboxylic acids is 1. The number of rotatable bonds is 2. The van der Waals surface area contributed by atoms with Crippen LogP contribution < -0.4 is 5.32 Å². The molecule has 1 aliphatic rings. The number of carbonyl (C=O) groups is 1. The van der Waals surface area contributed by atoms with Crippen LogP contribution >= 0.6 is 11.6 Å². The number of anilines is 1. The molecule has 2 N–H and O–H groups in total. The molecule has 0 saturated carbocycles. The van der Waals surface area contributed by atoms with Crippen molar-refractivity contribution in [2.75, 3.05) is 18.4 Å². The molecule has 28 heavy (non-hydrogen) atoms. The van der Waals surface area contributed by atoms with E-state index < -0.39 is 11.7 Å². The van der Waals surface area contributed by atoms with E-state index in [1.165, 1.54) is 0 Å². The summed E-state index contributed by atoms with van der Waals surface area (Å²) in [7, 11) is 0. The van der Waals surface area contributed by atoms with Gasteiger partial charge in [-0.25, -0.2) is 14.8 Å². The van der Waals surface area contributed by atoms with Gasteiger partial charge < -0.3 is 15.2 Å². The Bertz CT molecular complexity index is 1040. The van der Waals surface area contributed by atoms with Gasteiger partial charge in [-0.15, -0.1) is 0 Å². The average molecular weight is 410 g/mol. The van der Waals surface area contributed by atoms with Crippen LogP contribution in [0.15, 0.2) is 30.5 Å². The number of nitrogens with zero attached hydrogens (tertiary/aromatic N) is 3. The van der Waals surface area contributed by atoms with E-state index in [0.29, 0.717) is 29.4 Å². The first-order chi connectivity index (χ1) is 13.3. The van der Waals surface area contributed by atoms with Crippen LogP contribution in [-0.2, 0) is 6.18 Å². The number of benzene rings is 1. The maximum atomic E-state index is 12.9. The van der Waals surface area contributed by atoms with Crippen molar-refractivity contribution in [3.05, 3.63) is 41.0 Å². The lowest BCUT2D eigenvalue weighted by Crippen LogP contribution is -2.32. The number of aromatic amines is 1. The van der Waals surface area contributed by atoms with Gasteiger partial charge in [0, 0.05) is 30.5 Å². The molecule has 1 fully saturated rings. The SMILES string of the molecule is O=C(Nc1ccc(Cl)c(-c2nc3ncc(C(F)(F)F)cc3[nH]2)c1)N1CCCC1. The molecule has 6 nitrogen and oxygen atoms in total. The predicted molar refractivity (Wildman–Crippen MR) is 99.2 cm³/mol. The molecule has 3 aromatic rings. The van der Waals surface area contributed by atoms with Crippen molar-refractivity contribution >= 4 is 34.5 Å². The summed E-state index contributed by atoms with van der Waals surface area (Å²) in [4.78, 5) is 24.8. The smallest absolute Gasteiger partial charge is 0.337 e. The van der Waals surface area contributed by atoms with Gasteiger partial charge in [0.05, 0.1) is 16.1 Å². The summed E-state index contributed by atoms with van der Waals surface area (Å²) in [5.41, 5.74) is 0.388. The number of nitrogens with one attached hydrogen (secondary N) is 2. The second-order valence-electron chi connectivity index (χ2n) is 6.50. The second-order valence-corrected chi connectivity index (χ2v) is 6.90. The minimum atomic E-state index is -4.50. The molecular weight excluding hydrogens is 395 g/mol. The molecule has 0 spiro atoms. The number of fused-ring (bicyclic) bond motifs is 1. The molecule has 1 saturated heterocycles. The molecule has 0 unspecified atom stereocenters. The number of imidazole rings is 1. The van der Waals surface area contributed by atoms with Gasteiger partial charge in [0.2, 0.25) is 0 Å². The van der Waals surface area contributed by atoms with Crippen LogP contribution in [0, 0.1) is 0 Å². The Kier molecular flexibility index (Phi) is 4.62. The van der Waals surface area contributed by atoms with Crippen molar-refractivity contribution in [3.63, 3.8) is 0 Å². The van der Waals surface area contributed by atoms with Crippen LogP contribution in [0.25, 0.3) is 22.6 Å². The number of amides is 2. The molecule has 1 aromatic carbocycles. The van der Waals surface area contributed by atoms with Crippen molar-refractivity contribution in [2.45, 2.75) is 19.0 Å². The third-order valence-electron chi connectivity index (χ3n) is 4.53. The van der Waals surface area contributed by atoms with Crippen LogP contribution in [0.5, 0.6) is 0 Å². The number of urea groups is 1. The van der Waals surface area contributed by atoms with Gasteiger partial charge in [0.25, 0.3) is 0 Å². The minimum absolute atomic E-state index is 0.144. The zero-order chi connectivity index (χ0) is 19.9. The fourth-order valence-corrected chi connectivity index (χ4v) is 3.30. The summed E-state index contributed by atoms with van der Waals surface area (Å²) in [6.45, 7) is 1.42. The molecule has 1 aliphatic heterocycles. The van der Waals surface area contributed by atoms with Gasteiger partial charge in [-0.05, 0) is 37.1 Å². The Hall–Kier alpha value is -2.81. The highest BCUT2D eigenvalue weighted by atomic mass is 35.5. The number of hydrogen-bond acceptors (Lipinski definition) is 3. The van der Waals surface area contributed by atoms with E-state index in [0.717, 1.165) is 25.1 Å². The van der Waals surface area contributed by atoms with Gasteiger partial charge in [0.15, 0.2) is 5.65 Å². The van der Waals surface area contributed by atoms with E-state index in [2.05, 4.69) is 20.3 Å². The molecule has 2 aromatic heterocycles. The van der Waals surface area contributed by atoms with E-state index >= 15 is 0 Å². The number of H-pyrrole nitrogens is 1. The van der Waals surface area contributed by atoms with Crippen LogP contribution in [0.1, 0.15) is 18.4 Å². The molecule has 146 valence electrons. The van der Waals surface area contributed by atoms with Crippen molar-refractivity contribution in [2.24, 2.45) is 0 Å². The van der Waals surface area contributed by atoms with E-state index in [1.54, 1.807) is 23.1 Å². The fourth-order valence-electron chi connectivity index (χ4n) is 3.09. The Morgan fingerprint density at radius 3 is 2.68 bits per heavy atom. The Labute approximate surface area is 162 Å². The predicted octanol–water partition coefficient (Wildman–Crippen LogP) is 4.92. The summed E-state index contributed by atoms with van der Waals surface area (Å²) in [5.74, 6) is 0.268. The van der Waals surface area contributed by atoms with Gasteiger partial charge in [-0.1, -0.05) is 11.6 Å². The molecular formula is C18H15ClF3N5O. The Balaban J connectivity index is 1.65. The molecule has 2 amide bonds. The van der Waals surface area contributed by atoms with Gasteiger partial charge >= 0.3 is 12.2 Å².